The van der Waals surface area contributed by atoms with Crippen LogP contribution >= 0.6 is 0 Å². The van der Waals surface area contributed by atoms with Gasteiger partial charge in [-0.3, -0.25) is 19.3 Å². The third-order valence-corrected chi connectivity index (χ3v) is 5.67. The molecule has 3 aromatic carbocycles. The first-order valence-electron chi connectivity index (χ1n) is 10.8. The van der Waals surface area contributed by atoms with Gasteiger partial charge in [0.05, 0.1) is 11.1 Å². The number of hydrogen-bond donors (Lipinski definition) is 1. The van der Waals surface area contributed by atoms with Gasteiger partial charge in [-0.05, 0) is 66.4 Å². The lowest BCUT2D eigenvalue weighted by molar-refractivity contribution is -0.119. The van der Waals surface area contributed by atoms with Crippen LogP contribution in [-0.4, -0.2) is 28.7 Å². The molecule has 0 aliphatic carbocycles. The minimum Gasteiger partial charge on any atom is -0.457 e. The normalized spacial score (nSPS) is 14.1. The van der Waals surface area contributed by atoms with E-state index in [1.54, 1.807) is 48.5 Å². The number of carbonyl (C=O) groups excluding carboxylic acids is 3. The van der Waals surface area contributed by atoms with Crippen LogP contribution in [0.25, 0.3) is 0 Å². The lowest BCUT2D eigenvalue weighted by Gasteiger charge is -2.21. The maximum absolute atomic E-state index is 12.7. The van der Waals surface area contributed by atoms with E-state index in [0.717, 1.165) is 10.6 Å². The Balaban J connectivity index is 1.39. The number of benzene rings is 3. The van der Waals surface area contributed by atoms with Gasteiger partial charge >= 0.3 is 0 Å². The number of carbonyl (C=O) groups is 3. The molecular formula is C27H26N2O4. The quantitative estimate of drug-likeness (QED) is 0.537. The van der Waals surface area contributed by atoms with Crippen molar-refractivity contribution in [2.75, 3.05) is 5.32 Å². The fourth-order valence-corrected chi connectivity index (χ4v) is 3.69. The molecule has 0 fully saturated rings. The van der Waals surface area contributed by atoms with Crippen molar-refractivity contribution in [1.29, 1.82) is 0 Å². The summed E-state index contributed by atoms with van der Waals surface area (Å²) in [6.45, 7) is 8.01. The van der Waals surface area contributed by atoms with E-state index >= 15 is 0 Å². The van der Waals surface area contributed by atoms with Crippen LogP contribution in [0, 0.1) is 0 Å². The molecule has 1 N–H and O–H groups in total. The summed E-state index contributed by atoms with van der Waals surface area (Å²) in [6.07, 6.45) is 0. The molecule has 0 radical (unpaired) electrons. The molecule has 0 saturated heterocycles. The molecule has 1 heterocycles. The summed E-state index contributed by atoms with van der Waals surface area (Å²) in [4.78, 5) is 39.0. The topological polar surface area (TPSA) is 75.7 Å². The fourth-order valence-electron chi connectivity index (χ4n) is 3.69. The average Bonchev–Trinajstić information content (AvgIpc) is 3.04. The van der Waals surface area contributed by atoms with Gasteiger partial charge in [-0.2, -0.15) is 0 Å². The van der Waals surface area contributed by atoms with E-state index in [4.69, 9.17) is 4.74 Å². The Bertz CT molecular complexity index is 1170. The van der Waals surface area contributed by atoms with Crippen LogP contribution in [0.2, 0.25) is 0 Å². The minimum absolute atomic E-state index is 0.0720. The zero-order valence-corrected chi connectivity index (χ0v) is 19.1. The van der Waals surface area contributed by atoms with Crippen molar-refractivity contribution < 1.29 is 19.1 Å². The molecular weight excluding hydrogens is 416 g/mol. The fraction of sp³-hybridized carbons (Fsp3) is 0.222. The van der Waals surface area contributed by atoms with Crippen LogP contribution in [0.4, 0.5) is 5.69 Å². The predicted octanol–water partition coefficient (Wildman–Crippen LogP) is 5.40. The Morgan fingerprint density at radius 3 is 1.79 bits per heavy atom. The molecule has 3 aromatic rings. The summed E-state index contributed by atoms with van der Waals surface area (Å²) in [5, 5.41) is 2.76. The molecule has 4 rings (SSSR count). The van der Waals surface area contributed by atoms with Gasteiger partial charge in [-0.25, -0.2) is 0 Å². The second-order valence-electron chi connectivity index (χ2n) is 9.09. The first kappa shape index (κ1) is 22.3. The summed E-state index contributed by atoms with van der Waals surface area (Å²) in [5.74, 6) is -0.0150. The van der Waals surface area contributed by atoms with Crippen molar-refractivity contribution >= 4 is 23.4 Å². The monoisotopic (exact) mass is 442 g/mol. The summed E-state index contributed by atoms with van der Waals surface area (Å²) < 4.78 is 5.89. The van der Waals surface area contributed by atoms with E-state index < -0.39 is 23.8 Å². The van der Waals surface area contributed by atoms with Crippen LogP contribution in [0.3, 0.4) is 0 Å². The second-order valence-corrected chi connectivity index (χ2v) is 9.09. The molecule has 0 saturated carbocycles. The molecule has 0 spiro atoms. The van der Waals surface area contributed by atoms with E-state index in [0.29, 0.717) is 22.6 Å². The summed E-state index contributed by atoms with van der Waals surface area (Å²) in [5.41, 5.74) is 2.47. The third-order valence-electron chi connectivity index (χ3n) is 5.67. The van der Waals surface area contributed by atoms with Gasteiger partial charge in [-0.15, -0.1) is 0 Å². The lowest BCUT2D eigenvalue weighted by atomic mass is 9.87. The first-order chi connectivity index (χ1) is 15.6. The predicted molar refractivity (Wildman–Crippen MR) is 127 cm³/mol. The van der Waals surface area contributed by atoms with Gasteiger partial charge in [0.2, 0.25) is 5.91 Å². The number of imide groups is 1. The highest BCUT2D eigenvalue weighted by Gasteiger charge is 2.40. The number of nitrogens with one attached hydrogen (secondary N) is 1. The first-order valence-corrected chi connectivity index (χ1v) is 10.8. The van der Waals surface area contributed by atoms with Crippen LogP contribution in [0.1, 0.15) is 54.0 Å². The van der Waals surface area contributed by atoms with Crippen molar-refractivity contribution in [2.24, 2.45) is 0 Å². The maximum atomic E-state index is 12.7. The summed E-state index contributed by atoms with van der Waals surface area (Å²) >= 11 is 0. The minimum atomic E-state index is -0.949. The molecule has 6 nitrogen and oxygen atoms in total. The Morgan fingerprint density at radius 2 is 1.30 bits per heavy atom. The zero-order valence-electron chi connectivity index (χ0n) is 19.1. The van der Waals surface area contributed by atoms with Gasteiger partial charge in [0.15, 0.2) is 0 Å². The van der Waals surface area contributed by atoms with Crippen LogP contribution < -0.4 is 10.1 Å². The highest BCUT2D eigenvalue weighted by Crippen LogP contribution is 2.28. The highest BCUT2D eigenvalue weighted by molar-refractivity contribution is 6.23. The standard InChI is InChI=1S/C27H26N2O4/c1-17(29-25(31)22-7-5-6-8-23(22)26(29)32)24(30)28-19-11-15-21(16-12-19)33-20-13-9-18(10-14-20)27(2,3)4/h5-17H,1-4H3,(H,28,30)/t17-/m1/s1. The van der Waals surface area contributed by atoms with Gasteiger partial charge in [0, 0.05) is 5.69 Å². The van der Waals surface area contributed by atoms with Crippen molar-refractivity contribution in [3.8, 4) is 11.5 Å². The van der Waals surface area contributed by atoms with E-state index in [-0.39, 0.29) is 5.41 Å². The van der Waals surface area contributed by atoms with Crippen LogP contribution in [-0.2, 0) is 10.2 Å². The van der Waals surface area contributed by atoms with Crippen molar-refractivity contribution in [3.05, 3.63) is 89.5 Å². The summed E-state index contributed by atoms with van der Waals surface area (Å²) in [6, 6.07) is 20.5. The number of rotatable bonds is 5. The third kappa shape index (κ3) is 4.51. The number of fused-ring (bicyclic) bond motifs is 1. The number of ether oxygens (including phenoxy) is 1. The Hall–Kier alpha value is -3.93. The molecule has 3 amide bonds. The molecule has 0 unspecified atom stereocenters. The smallest absolute Gasteiger partial charge is 0.262 e. The van der Waals surface area contributed by atoms with Crippen molar-refractivity contribution in [1.82, 2.24) is 4.90 Å². The Kier molecular flexibility index (Phi) is 5.77. The number of amides is 3. The molecule has 1 atom stereocenters. The van der Waals surface area contributed by atoms with Crippen LogP contribution in [0.15, 0.2) is 72.8 Å². The molecule has 6 heteroatoms. The maximum Gasteiger partial charge on any atom is 0.262 e. The van der Waals surface area contributed by atoms with Crippen LogP contribution in [0.5, 0.6) is 11.5 Å². The second kappa shape index (κ2) is 8.54. The zero-order chi connectivity index (χ0) is 23.8. The molecule has 0 aromatic heterocycles. The van der Waals surface area contributed by atoms with Gasteiger partial charge in [0.25, 0.3) is 11.8 Å². The van der Waals surface area contributed by atoms with Gasteiger partial charge < -0.3 is 10.1 Å². The largest absolute Gasteiger partial charge is 0.457 e. The highest BCUT2D eigenvalue weighted by atomic mass is 16.5. The lowest BCUT2D eigenvalue weighted by Crippen LogP contribution is -2.45. The number of hydrogen-bond acceptors (Lipinski definition) is 4. The van der Waals surface area contributed by atoms with Crippen molar-refractivity contribution in [2.45, 2.75) is 39.2 Å². The van der Waals surface area contributed by atoms with E-state index in [2.05, 4.69) is 26.1 Å². The molecule has 0 bridgehead atoms. The number of anilines is 1. The Morgan fingerprint density at radius 1 is 0.818 bits per heavy atom. The Labute approximate surface area is 193 Å². The SMILES string of the molecule is C[C@H](C(=O)Nc1ccc(Oc2ccc(C(C)(C)C)cc2)cc1)N1C(=O)c2ccccc2C1=O. The molecule has 1 aliphatic heterocycles. The number of nitrogens with zero attached hydrogens (tertiary/aromatic N) is 1. The summed E-state index contributed by atoms with van der Waals surface area (Å²) in [7, 11) is 0. The average molecular weight is 443 g/mol. The molecule has 33 heavy (non-hydrogen) atoms. The van der Waals surface area contributed by atoms with E-state index in [9.17, 15) is 14.4 Å². The van der Waals surface area contributed by atoms with Gasteiger partial charge in [-0.1, -0.05) is 45.0 Å². The van der Waals surface area contributed by atoms with Gasteiger partial charge in [0.1, 0.15) is 17.5 Å². The molecule has 168 valence electrons. The van der Waals surface area contributed by atoms with Crippen molar-refractivity contribution in [3.63, 3.8) is 0 Å². The van der Waals surface area contributed by atoms with E-state index in [1.165, 1.54) is 12.5 Å². The molecule has 1 aliphatic rings. The van der Waals surface area contributed by atoms with E-state index in [1.807, 2.05) is 24.3 Å².